The van der Waals surface area contributed by atoms with Gasteiger partial charge < -0.3 is 15.4 Å². The van der Waals surface area contributed by atoms with Crippen LogP contribution >= 0.6 is 0 Å². The van der Waals surface area contributed by atoms with Crippen LogP contribution in [0.4, 0.5) is 5.69 Å². The molecule has 2 rings (SSSR count). The van der Waals surface area contributed by atoms with Gasteiger partial charge in [0, 0.05) is 18.8 Å². The van der Waals surface area contributed by atoms with Crippen molar-refractivity contribution in [3.05, 3.63) is 29.8 Å². The molecule has 7 nitrogen and oxygen atoms in total. The van der Waals surface area contributed by atoms with Crippen LogP contribution in [0, 0.1) is 12.8 Å². The summed E-state index contributed by atoms with van der Waals surface area (Å²) in [6, 6.07) is 6.80. The molecule has 142 valence electrons. The van der Waals surface area contributed by atoms with E-state index in [2.05, 4.69) is 10.6 Å². The number of hydrogen-bond acceptors (Lipinski definition) is 5. The highest BCUT2D eigenvalue weighted by atomic mass is 16.5. The molecule has 0 aliphatic carbocycles. The minimum absolute atomic E-state index is 0.0451. The predicted molar refractivity (Wildman–Crippen MR) is 98.6 cm³/mol. The smallest absolute Gasteiger partial charge is 0.307 e. The molecule has 0 saturated carbocycles. The molecule has 1 aliphatic rings. The summed E-state index contributed by atoms with van der Waals surface area (Å²) in [6.07, 6.45) is -0.0592. The number of aryl methyl sites for hydroxylation is 1. The molecule has 0 bridgehead atoms. The van der Waals surface area contributed by atoms with Crippen LogP contribution in [0.15, 0.2) is 24.3 Å². The number of anilines is 1. The van der Waals surface area contributed by atoms with Crippen molar-refractivity contribution in [2.75, 3.05) is 31.6 Å². The zero-order valence-electron chi connectivity index (χ0n) is 15.6. The van der Waals surface area contributed by atoms with Crippen molar-refractivity contribution in [3.8, 4) is 0 Å². The first kappa shape index (κ1) is 19.9. The van der Waals surface area contributed by atoms with Crippen molar-refractivity contribution in [2.24, 2.45) is 5.92 Å². The molecular formula is C19H27N3O4. The summed E-state index contributed by atoms with van der Waals surface area (Å²) in [6.45, 7) is 7.19. The molecule has 1 aliphatic heterocycles. The van der Waals surface area contributed by atoms with Crippen LogP contribution < -0.4 is 10.6 Å². The number of piperazine rings is 1. The molecule has 1 aromatic carbocycles. The molecule has 1 atom stereocenters. The van der Waals surface area contributed by atoms with Crippen LogP contribution in [0.5, 0.6) is 0 Å². The van der Waals surface area contributed by atoms with E-state index in [4.69, 9.17) is 4.74 Å². The van der Waals surface area contributed by atoms with Crippen LogP contribution in [0.25, 0.3) is 0 Å². The fourth-order valence-electron chi connectivity index (χ4n) is 2.67. The average molecular weight is 361 g/mol. The molecule has 1 unspecified atom stereocenters. The zero-order valence-corrected chi connectivity index (χ0v) is 15.6. The second kappa shape index (κ2) is 9.33. The van der Waals surface area contributed by atoms with Gasteiger partial charge in [0.05, 0.1) is 19.6 Å². The van der Waals surface area contributed by atoms with E-state index in [0.717, 1.165) is 5.56 Å². The molecule has 1 saturated heterocycles. The Labute approximate surface area is 154 Å². The fraction of sp³-hybridized carbons (Fsp3) is 0.526. The van der Waals surface area contributed by atoms with Crippen molar-refractivity contribution >= 4 is 23.5 Å². The van der Waals surface area contributed by atoms with Crippen molar-refractivity contribution in [3.63, 3.8) is 0 Å². The van der Waals surface area contributed by atoms with Crippen molar-refractivity contribution in [1.82, 2.24) is 10.2 Å². The molecule has 2 N–H and O–H groups in total. The standard InChI is InChI=1S/C19H27N3O4/c1-13(2)12-26-18(24)10-16-19(25)20-8-9-22(16)11-17(23)21-15-6-4-14(3)5-7-15/h4-7,13,16H,8-12H2,1-3H3,(H,20,25)(H,21,23). The summed E-state index contributed by atoms with van der Waals surface area (Å²) >= 11 is 0. The summed E-state index contributed by atoms with van der Waals surface area (Å²) in [7, 11) is 0. The molecule has 2 amide bonds. The lowest BCUT2D eigenvalue weighted by Gasteiger charge is -2.33. The molecular weight excluding hydrogens is 334 g/mol. The Morgan fingerprint density at radius 1 is 1.31 bits per heavy atom. The monoisotopic (exact) mass is 361 g/mol. The van der Waals surface area contributed by atoms with Crippen molar-refractivity contribution in [1.29, 1.82) is 0 Å². The molecule has 1 aromatic rings. The highest BCUT2D eigenvalue weighted by molar-refractivity contribution is 5.93. The molecule has 7 heteroatoms. The van der Waals surface area contributed by atoms with Gasteiger partial charge in [-0.25, -0.2) is 0 Å². The Bertz CT molecular complexity index is 643. The van der Waals surface area contributed by atoms with Gasteiger partial charge in [-0.15, -0.1) is 0 Å². The third-order valence-corrected chi connectivity index (χ3v) is 4.06. The number of carbonyl (C=O) groups is 3. The van der Waals surface area contributed by atoms with E-state index in [1.807, 2.05) is 45.0 Å². The average Bonchev–Trinajstić information content (AvgIpc) is 2.58. The Hall–Kier alpha value is -2.41. The minimum Gasteiger partial charge on any atom is -0.465 e. The summed E-state index contributed by atoms with van der Waals surface area (Å²) in [4.78, 5) is 38.2. The van der Waals surface area contributed by atoms with Crippen molar-refractivity contribution in [2.45, 2.75) is 33.2 Å². The Morgan fingerprint density at radius 3 is 2.65 bits per heavy atom. The van der Waals surface area contributed by atoms with E-state index in [1.54, 1.807) is 4.90 Å². The van der Waals surface area contributed by atoms with Gasteiger partial charge in [0.1, 0.15) is 6.04 Å². The van der Waals surface area contributed by atoms with Crippen LogP contribution in [-0.2, 0) is 19.1 Å². The van der Waals surface area contributed by atoms with Crippen LogP contribution in [0.3, 0.4) is 0 Å². The lowest BCUT2D eigenvalue weighted by atomic mass is 10.1. The van der Waals surface area contributed by atoms with Gasteiger partial charge in [-0.2, -0.15) is 0 Å². The van der Waals surface area contributed by atoms with Gasteiger partial charge in [0.15, 0.2) is 0 Å². The van der Waals surface area contributed by atoms with E-state index in [1.165, 1.54) is 0 Å². The number of rotatable bonds is 7. The first-order valence-corrected chi connectivity index (χ1v) is 8.89. The first-order valence-electron chi connectivity index (χ1n) is 8.89. The summed E-state index contributed by atoms with van der Waals surface area (Å²) in [5.41, 5.74) is 1.81. The Kier molecular flexibility index (Phi) is 7.15. The number of carbonyl (C=O) groups excluding carboxylic acids is 3. The molecule has 1 fully saturated rings. The summed E-state index contributed by atoms with van der Waals surface area (Å²) < 4.78 is 5.17. The second-order valence-corrected chi connectivity index (χ2v) is 6.97. The molecule has 26 heavy (non-hydrogen) atoms. The Morgan fingerprint density at radius 2 is 2.00 bits per heavy atom. The number of ether oxygens (including phenoxy) is 1. The van der Waals surface area contributed by atoms with E-state index < -0.39 is 12.0 Å². The minimum atomic E-state index is -0.688. The van der Waals surface area contributed by atoms with Gasteiger partial charge in [-0.3, -0.25) is 19.3 Å². The molecule has 0 spiro atoms. The number of nitrogens with one attached hydrogen (secondary N) is 2. The number of esters is 1. The van der Waals surface area contributed by atoms with Crippen LogP contribution in [0.1, 0.15) is 25.8 Å². The topological polar surface area (TPSA) is 87.7 Å². The lowest BCUT2D eigenvalue weighted by molar-refractivity contribution is -0.149. The zero-order chi connectivity index (χ0) is 19.1. The maximum atomic E-state index is 12.3. The molecule has 1 heterocycles. The van der Waals surface area contributed by atoms with E-state index in [-0.39, 0.29) is 30.7 Å². The highest BCUT2D eigenvalue weighted by Crippen LogP contribution is 2.12. The van der Waals surface area contributed by atoms with E-state index >= 15 is 0 Å². The molecule has 0 radical (unpaired) electrons. The van der Waals surface area contributed by atoms with Crippen molar-refractivity contribution < 1.29 is 19.1 Å². The number of benzene rings is 1. The normalized spacial score (nSPS) is 17.7. The highest BCUT2D eigenvalue weighted by Gasteiger charge is 2.33. The number of hydrogen-bond donors (Lipinski definition) is 2. The maximum absolute atomic E-state index is 12.3. The Balaban J connectivity index is 1.93. The largest absolute Gasteiger partial charge is 0.465 e. The van der Waals surface area contributed by atoms with Crippen LogP contribution in [0.2, 0.25) is 0 Å². The van der Waals surface area contributed by atoms with Gasteiger partial charge in [0.25, 0.3) is 0 Å². The van der Waals surface area contributed by atoms with Gasteiger partial charge in [0.2, 0.25) is 11.8 Å². The van der Waals surface area contributed by atoms with Gasteiger partial charge in [-0.1, -0.05) is 31.5 Å². The van der Waals surface area contributed by atoms with Gasteiger partial charge >= 0.3 is 5.97 Å². The second-order valence-electron chi connectivity index (χ2n) is 6.97. The SMILES string of the molecule is Cc1ccc(NC(=O)CN2CCNC(=O)C2CC(=O)OCC(C)C)cc1. The predicted octanol–water partition coefficient (Wildman–Crippen LogP) is 1.32. The lowest BCUT2D eigenvalue weighted by Crippen LogP contribution is -2.57. The first-order chi connectivity index (χ1) is 12.3. The summed E-state index contributed by atoms with van der Waals surface area (Å²) in [5, 5.41) is 5.56. The fourth-order valence-corrected chi connectivity index (χ4v) is 2.67. The number of nitrogens with zero attached hydrogens (tertiary/aromatic N) is 1. The van der Waals surface area contributed by atoms with Crippen LogP contribution in [-0.4, -0.2) is 55.0 Å². The van der Waals surface area contributed by atoms with Gasteiger partial charge in [-0.05, 0) is 25.0 Å². The summed E-state index contributed by atoms with van der Waals surface area (Å²) in [5.74, 6) is -0.662. The maximum Gasteiger partial charge on any atom is 0.307 e. The third kappa shape index (κ3) is 6.15. The van der Waals surface area contributed by atoms with E-state index in [9.17, 15) is 14.4 Å². The quantitative estimate of drug-likeness (QED) is 0.715. The number of amides is 2. The molecule has 0 aromatic heterocycles. The third-order valence-electron chi connectivity index (χ3n) is 4.06. The van der Waals surface area contributed by atoms with E-state index in [0.29, 0.717) is 25.4 Å².